The summed E-state index contributed by atoms with van der Waals surface area (Å²) in [6, 6.07) is 1.03. The fraction of sp³-hybridized carbons (Fsp3) is 0.536. The number of Topliss-reactive ketones (excluding diaryl/α,β-unsaturated/α-hetero) is 2. The van der Waals surface area contributed by atoms with Crippen LogP contribution in [-0.2, 0) is 20.8 Å². The van der Waals surface area contributed by atoms with Crippen LogP contribution in [0.2, 0.25) is 0 Å². The van der Waals surface area contributed by atoms with Gasteiger partial charge in [0.15, 0.2) is 11.6 Å². The molecule has 1 fully saturated rings. The van der Waals surface area contributed by atoms with Crippen LogP contribution in [0, 0.1) is 17.8 Å². The maximum Gasteiger partial charge on any atom is 0.255 e. The number of amides is 1. The molecule has 10 heteroatoms. The zero-order valence-corrected chi connectivity index (χ0v) is 22.5. The highest BCUT2D eigenvalue weighted by molar-refractivity contribution is 6.28. The molecule has 1 saturated carbocycles. The normalized spacial score (nSPS) is 28.9. The lowest BCUT2D eigenvalue weighted by Crippen LogP contribution is -2.56. The number of aliphatic hydroxyl groups is 2. The fourth-order valence-corrected chi connectivity index (χ4v) is 7.28. The van der Waals surface area contributed by atoms with Gasteiger partial charge < -0.3 is 30.9 Å². The number of phenols is 1. The van der Waals surface area contributed by atoms with Crippen molar-refractivity contribution in [3.8, 4) is 5.75 Å². The van der Waals surface area contributed by atoms with Crippen molar-refractivity contribution in [2.45, 2.75) is 38.3 Å². The molecule has 1 heterocycles. The van der Waals surface area contributed by atoms with E-state index in [1.54, 1.807) is 13.1 Å². The number of likely N-dealkylation sites (N-methyl/N-ethyl adjacent to an activating group) is 1. The molecular formula is C28H36N4O6. The first-order valence-electron chi connectivity index (χ1n) is 13.1. The van der Waals surface area contributed by atoms with Crippen molar-refractivity contribution >= 4 is 28.9 Å². The van der Waals surface area contributed by atoms with Gasteiger partial charge in [-0.15, -0.1) is 0 Å². The van der Waals surface area contributed by atoms with Crippen molar-refractivity contribution in [1.82, 2.24) is 9.80 Å². The Labute approximate surface area is 222 Å². The van der Waals surface area contributed by atoms with Crippen molar-refractivity contribution in [3.05, 3.63) is 39.7 Å². The molecule has 1 aromatic carbocycles. The van der Waals surface area contributed by atoms with E-state index in [2.05, 4.69) is 9.80 Å². The van der Waals surface area contributed by atoms with Crippen LogP contribution in [0.3, 0.4) is 0 Å². The second-order valence-corrected chi connectivity index (χ2v) is 11.3. The Bertz CT molecular complexity index is 1310. The molecule has 3 aliphatic carbocycles. The molecule has 5 N–H and O–H groups in total. The second-order valence-electron chi connectivity index (χ2n) is 11.3. The van der Waals surface area contributed by atoms with Crippen LogP contribution in [0.4, 0.5) is 5.69 Å². The Hall–Kier alpha value is -3.37. The first-order chi connectivity index (χ1) is 17.9. The minimum absolute atomic E-state index is 0.0927. The number of carbonyl (C=O) groups is 3. The molecule has 5 unspecified atom stereocenters. The van der Waals surface area contributed by atoms with Gasteiger partial charge in [-0.25, -0.2) is 0 Å². The zero-order valence-electron chi connectivity index (χ0n) is 22.5. The van der Waals surface area contributed by atoms with E-state index in [1.807, 2.05) is 33.0 Å². The minimum Gasteiger partial charge on any atom is -0.510 e. The van der Waals surface area contributed by atoms with Crippen LogP contribution in [0.1, 0.15) is 42.5 Å². The van der Waals surface area contributed by atoms with Crippen LogP contribution in [-0.4, -0.2) is 89.9 Å². The Morgan fingerprint density at radius 3 is 2.45 bits per heavy atom. The summed E-state index contributed by atoms with van der Waals surface area (Å²) < 4.78 is 0. The number of benzene rings is 1. The van der Waals surface area contributed by atoms with Gasteiger partial charge in [-0.2, -0.15) is 0 Å². The van der Waals surface area contributed by atoms with Gasteiger partial charge in [0.1, 0.15) is 22.8 Å². The van der Waals surface area contributed by atoms with E-state index in [4.69, 9.17) is 5.73 Å². The average molecular weight is 525 g/mol. The van der Waals surface area contributed by atoms with Crippen LogP contribution >= 0.6 is 0 Å². The van der Waals surface area contributed by atoms with Gasteiger partial charge in [0.25, 0.3) is 5.91 Å². The molecule has 1 aromatic rings. The van der Waals surface area contributed by atoms with Crippen molar-refractivity contribution in [2.75, 3.05) is 46.2 Å². The molecule has 0 spiro atoms. The van der Waals surface area contributed by atoms with E-state index in [0.717, 1.165) is 29.8 Å². The maximum atomic E-state index is 13.9. The minimum atomic E-state index is -1.25. The third kappa shape index (κ3) is 3.57. The summed E-state index contributed by atoms with van der Waals surface area (Å²) in [6.45, 7) is 3.18. The van der Waals surface area contributed by atoms with Crippen LogP contribution in [0.15, 0.2) is 23.0 Å². The van der Waals surface area contributed by atoms with Crippen LogP contribution in [0.5, 0.6) is 5.75 Å². The number of primary amides is 1. The number of ketones is 2. The standard InChI is InChI=1S/C28H36N4O6/c1-6-31(4)23-15-10-12-9-14-19(17(33)11-13-16(30(2)3)7-8-32(5)22(13)14)24(34)18(12)25(35)20(15)26(36)21(27(23)37)28(29)38/h11-12,15-16,20,23,33-34,37H,6-10H2,1-5H3,(H2,29,38). The second kappa shape index (κ2) is 9.13. The number of phenolic OH excluding ortho intramolecular Hbond substituents is 1. The van der Waals surface area contributed by atoms with Gasteiger partial charge in [-0.3, -0.25) is 19.3 Å². The van der Waals surface area contributed by atoms with Gasteiger partial charge in [0.2, 0.25) is 0 Å². The van der Waals surface area contributed by atoms with Gasteiger partial charge in [0, 0.05) is 30.9 Å². The Morgan fingerprint density at radius 2 is 1.84 bits per heavy atom. The van der Waals surface area contributed by atoms with E-state index in [1.165, 1.54) is 0 Å². The molecular weight excluding hydrogens is 488 g/mol. The monoisotopic (exact) mass is 524 g/mol. The average Bonchev–Trinajstić information content (AvgIpc) is 2.82. The number of fused-ring (bicyclic) bond motifs is 5. The van der Waals surface area contributed by atoms with E-state index in [-0.39, 0.29) is 28.7 Å². The van der Waals surface area contributed by atoms with Gasteiger partial charge in [0.05, 0.1) is 17.5 Å². The fourth-order valence-electron chi connectivity index (χ4n) is 7.28. The van der Waals surface area contributed by atoms with Gasteiger partial charge >= 0.3 is 0 Å². The topological polar surface area (TPSA) is 148 Å². The molecule has 0 radical (unpaired) electrons. The molecule has 0 bridgehead atoms. The first kappa shape index (κ1) is 26.2. The Balaban J connectivity index is 1.69. The number of hydrogen-bond acceptors (Lipinski definition) is 9. The number of carbonyl (C=O) groups excluding carboxylic acids is 3. The lowest BCUT2D eigenvalue weighted by atomic mass is 9.59. The summed E-state index contributed by atoms with van der Waals surface area (Å²) in [4.78, 5) is 45.5. The molecule has 0 aromatic heterocycles. The third-order valence-electron chi connectivity index (χ3n) is 9.09. The quantitative estimate of drug-likeness (QED) is 0.341. The smallest absolute Gasteiger partial charge is 0.255 e. The van der Waals surface area contributed by atoms with E-state index < -0.39 is 52.6 Å². The largest absolute Gasteiger partial charge is 0.510 e. The Kier molecular flexibility index (Phi) is 6.30. The number of aromatic hydroxyl groups is 1. The molecule has 10 nitrogen and oxygen atoms in total. The molecule has 4 aliphatic rings. The molecule has 0 saturated heterocycles. The number of anilines is 1. The number of hydrogen-bond donors (Lipinski definition) is 4. The van der Waals surface area contributed by atoms with Gasteiger partial charge in [-0.05, 0) is 76.0 Å². The first-order valence-corrected chi connectivity index (χ1v) is 13.1. The highest BCUT2D eigenvalue weighted by Crippen LogP contribution is 2.53. The summed E-state index contributed by atoms with van der Waals surface area (Å²) in [5.41, 5.74) is 7.95. The number of nitrogens with zero attached hydrogens (tertiary/aromatic N) is 3. The lowest BCUT2D eigenvalue weighted by molar-refractivity contribution is -0.137. The van der Waals surface area contributed by atoms with Gasteiger partial charge in [-0.1, -0.05) is 6.92 Å². The van der Waals surface area contributed by atoms with E-state index >= 15 is 0 Å². The van der Waals surface area contributed by atoms with Crippen molar-refractivity contribution in [1.29, 1.82) is 0 Å². The zero-order chi connectivity index (χ0) is 27.8. The predicted molar refractivity (Wildman–Crippen MR) is 142 cm³/mol. The third-order valence-corrected chi connectivity index (χ3v) is 9.09. The van der Waals surface area contributed by atoms with E-state index in [9.17, 15) is 29.7 Å². The number of allylic oxidation sites excluding steroid dienone is 1. The molecule has 1 amide bonds. The molecule has 5 rings (SSSR count). The lowest BCUT2D eigenvalue weighted by Gasteiger charge is -2.47. The summed E-state index contributed by atoms with van der Waals surface area (Å²) in [5.74, 6) is -5.52. The Morgan fingerprint density at radius 1 is 1.16 bits per heavy atom. The SMILES string of the molecule is CCN(C)C1C(O)=C(C(N)=O)C(=O)C2C(=O)C3=C(O)c4c(O)cc5c(c4CC3CC21)N(C)CCC5N(C)C. The molecule has 5 atom stereocenters. The summed E-state index contributed by atoms with van der Waals surface area (Å²) in [7, 11) is 7.74. The van der Waals surface area contributed by atoms with E-state index in [0.29, 0.717) is 19.4 Å². The number of rotatable bonds is 4. The number of aliphatic hydroxyl groups excluding tert-OH is 2. The highest BCUT2D eigenvalue weighted by Gasteiger charge is 2.56. The highest BCUT2D eigenvalue weighted by atomic mass is 16.3. The van der Waals surface area contributed by atoms with Crippen LogP contribution in [0.25, 0.3) is 5.76 Å². The summed E-state index contributed by atoms with van der Waals surface area (Å²) in [6.07, 6.45) is 1.63. The maximum absolute atomic E-state index is 13.9. The van der Waals surface area contributed by atoms with Crippen molar-refractivity contribution in [2.24, 2.45) is 23.5 Å². The number of nitrogens with two attached hydrogens (primary N) is 1. The van der Waals surface area contributed by atoms with Crippen LogP contribution < -0.4 is 10.6 Å². The summed E-state index contributed by atoms with van der Waals surface area (Å²) >= 11 is 0. The van der Waals surface area contributed by atoms with Crippen molar-refractivity contribution in [3.63, 3.8) is 0 Å². The molecule has 204 valence electrons. The van der Waals surface area contributed by atoms with Crippen molar-refractivity contribution < 1.29 is 29.7 Å². The molecule has 1 aliphatic heterocycles. The molecule has 38 heavy (non-hydrogen) atoms. The summed E-state index contributed by atoms with van der Waals surface area (Å²) in [5, 5.41) is 33.6. The predicted octanol–water partition coefficient (Wildman–Crippen LogP) is 1.68.